The Morgan fingerprint density at radius 2 is 1.43 bits per heavy atom. The predicted octanol–water partition coefficient (Wildman–Crippen LogP) is 1.65. The van der Waals surface area contributed by atoms with E-state index < -0.39 is 47.9 Å². The zero-order chi connectivity index (χ0) is 28.1. The second-order valence-electron chi connectivity index (χ2n) is 9.40. The molecule has 10 nitrogen and oxygen atoms in total. The number of aromatic hydroxyl groups is 1. The largest absolute Gasteiger partial charge is 0.508 e. The van der Waals surface area contributed by atoms with Crippen molar-refractivity contribution in [2.45, 2.75) is 77.5 Å². The van der Waals surface area contributed by atoms with Gasteiger partial charge in [-0.05, 0) is 48.0 Å². The van der Waals surface area contributed by atoms with Crippen LogP contribution in [-0.4, -0.2) is 70.1 Å². The van der Waals surface area contributed by atoms with E-state index in [-0.39, 0.29) is 24.0 Å². The molecule has 0 aliphatic heterocycles. The molecule has 6 unspecified atom stereocenters. The first kappa shape index (κ1) is 32.2. The number of rotatable bonds is 16. The minimum Gasteiger partial charge on any atom is -0.508 e. The molecule has 7 N–H and O–H groups in total. The molecule has 3 amide bonds. The normalized spacial score (nSPS) is 15.9. The summed E-state index contributed by atoms with van der Waals surface area (Å²) in [6.45, 7) is 7.33. The summed E-state index contributed by atoms with van der Waals surface area (Å²) in [4.78, 5) is 51.0. The third kappa shape index (κ3) is 10.6. The Morgan fingerprint density at radius 1 is 0.892 bits per heavy atom. The van der Waals surface area contributed by atoms with Gasteiger partial charge in [0, 0.05) is 6.42 Å². The van der Waals surface area contributed by atoms with Gasteiger partial charge < -0.3 is 31.9 Å². The van der Waals surface area contributed by atoms with Gasteiger partial charge in [0.25, 0.3) is 0 Å². The average Bonchev–Trinajstić information content (AvgIpc) is 2.88. The number of nitrogens with two attached hydrogens (primary N) is 1. The highest BCUT2D eigenvalue weighted by Crippen LogP contribution is 2.14. The molecule has 0 saturated heterocycles. The van der Waals surface area contributed by atoms with E-state index in [1.807, 2.05) is 27.0 Å². The molecule has 0 bridgehead atoms. The van der Waals surface area contributed by atoms with Gasteiger partial charge in [-0.25, -0.2) is 4.79 Å². The van der Waals surface area contributed by atoms with Crippen LogP contribution in [-0.2, 0) is 25.6 Å². The summed E-state index contributed by atoms with van der Waals surface area (Å²) in [5.74, 6) is -2.60. The summed E-state index contributed by atoms with van der Waals surface area (Å²) in [7, 11) is 0. The zero-order valence-corrected chi connectivity index (χ0v) is 23.1. The summed E-state index contributed by atoms with van der Waals surface area (Å²) in [5.41, 5.74) is 6.70. The van der Waals surface area contributed by atoms with Gasteiger partial charge in [-0.2, -0.15) is 11.8 Å². The lowest BCUT2D eigenvalue weighted by atomic mass is 9.97. The van der Waals surface area contributed by atoms with Crippen molar-refractivity contribution in [3.63, 3.8) is 0 Å². The highest BCUT2D eigenvalue weighted by molar-refractivity contribution is 7.98. The van der Waals surface area contributed by atoms with E-state index in [0.717, 1.165) is 0 Å². The maximum Gasteiger partial charge on any atom is 0.326 e. The Balaban J connectivity index is 3.17. The maximum atomic E-state index is 13.3. The number of phenolic OH excluding ortho intramolecular Hbond substituents is 1. The van der Waals surface area contributed by atoms with Crippen LogP contribution in [0.1, 0.15) is 52.5 Å². The molecule has 0 aliphatic rings. The molecular weight excluding hydrogens is 496 g/mol. The highest BCUT2D eigenvalue weighted by atomic mass is 32.2. The van der Waals surface area contributed by atoms with Gasteiger partial charge in [-0.15, -0.1) is 0 Å². The van der Waals surface area contributed by atoms with Crippen molar-refractivity contribution in [1.82, 2.24) is 16.0 Å². The van der Waals surface area contributed by atoms with Crippen LogP contribution in [0.2, 0.25) is 0 Å². The first-order valence-corrected chi connectivity index (χ1v) is 14.0. The van der Waals surface area contributed by atoms with Crippen molar-refractivity contribution in [2.24, 2.45) is 17.6 Å². The van der Waals surface area contributed by atoms with E-state index in [1.165, 1.54) is 23.9 Å². The first-order chi connectivity index (χ1) is 17.4. The zero-order valence-electron chi connectivity index (χ0n) is 22.3. The second kappa shape index (κ2) is 16.1. The molecular formula is C26H42N4O6S. The lowest BCUT2D eigenvalue weighted by molar-refractivity contribution is -0.143. The van der Waals surface area contributed by atoms with Gasteiger partial charge in [-0.3, -0.25) is 14.4 Å². The Hall–Kier alpha value is -2.79. The quantitative estimate of drug-likeness (QED) is 0.184. The van der Waals surface area contributed by atoms with Crippen molar-refractivity contribution >= 4 is 35.5 Å². The van der Waals surface area contributed by atoms with Gasteiger partial charge in [0.1, 0.15) is 23.9 Å². The Bertz CT molecular complexity index is 898. The van der Waals surface area contributed by atoms with E-state index in [1.54, 1.807) is 19.1 Å². The van der Waals surface area contributed by atoms with E-state index in [4.69, 9.17) is 5.73 Å². The Kier molecular flexibility index (Phi) is 14.1. The van der Waals surface area contributed by atoms with Crippen molar-refractivity contribution < 1.29 is 29.4 Å². The molecule has 0 fully saturated rings. The van der Waals surface area contributed by atoms with E-state index in [2.05, 4.69) is 16.0 Å². The molecule has 6 atom stereocenters. The fourth-order valence-electron chi connectivity index (χ4n) is 3.57. The Labute approximate surface area is 223 Å². The van der Waals surface area contributed by atoms with Crippen molar-refractivity contribution in [1.29, 1.82) is 0 Å². The van der Waals surface area contributed by atoms with Gasteiger partial charge in [0.05, 0.1) is 6.04 Å². The van der Waals surface area contributed by atoms with Crippen molar-refractivity contribution in [3.05, 3.63) is 29.8 Å². The molecule has 0 saturated carbocycles. The lowest BCUT2D eigenvalue weighted by Gasteiger charge is -2.27. The van der Waals surface area contributed by atoms with Crippen LogP contribution < -0.4 is 21.7 Å². The monoisotopic (exact) mass is 538 g/mol. The fourth-order valence-corrected chi connectivity index (χ4v) is 4.04. The third-order valence-corrected chi connectivity index (χ3v) is 7.23. The number of hydrogen-bond acceptors (Lipinski definition) is 7. The summed E-state index contributed by atoms with van der Waals surface area (Å²) in [5, 5.41) is 27.2. The van der Waals surface area contributed by atoms with Crippen LogP contribution in [0.3, 0.4) is 0 Å². The summed E-state index contributed by atoms with van der Waals surface area (Å²) in [6.07, 6.45) is 3.49. The van der Waals surface area contributed by atoms with E-state index >= 15 is 0 Å². The van der Waals surface area contributed by atoms with Crippen LogP contribution in [0, 0.1) is 11.8 Å². The number of carboxylic acid groups (broad SMARTS) is 1. The van der Waals surface area contributed by atoms with Crippen LogP contribution in [0.4, 0.5) is 0 Å². The first-order valence-electron chi connectivity index (χ1n) is 12.6. The minimum absolute atomic E-state index is 0.0500. The number of phenols is 1. The number of carbonyl (C=O) groups is 4. The fraction of sp³-hybridized carbons (Fsp3) is 0.615. The SMILES string of the molecule is CCC(C)C(N)C(=O)NC(CCSC)C(=O)NC(Cc1ccc(O)cc1)C(=O)NC(C(=O)O)C(C)CC. The molecule has 0 spiro atoms. The number of carboxylic acids is 1. The molecule has 1 aromatic carbocycles. The number of thioether (sulfide) groups is 1. The molecule has 1 aromatic rings. The lowest BCUT2D eigenvalue weighted by Crippen LogP contribution is -2.58. The third-order valence-electron chi connectivity index (χ3n) is 6.59. The number of nitrogens with one attached hydrogen (secondary N) is 3. The number of hydrogen-bond donors (Lipinski definition) is 6. The van der Waals surface area contributed by atoms with Crippen LogP contribution in [0.15, 0.2) is 24.3 Å². The van der Waals surface area contributed by atoms with Crippen molar-refractivity contribution in [2.75, 3.05) is 12.0 Å². The van der Waals surface area contributed by atoms with Gasteiger partial charge in [0.15, 0.2) is 0 Å². The van der Waals surface area contributed by atoms with Gasteiger partial charge in [-0.1, -0.05) is 52.7 Å². The molecule has 11 heteroatoms. The smallest absolute Gasteiger partial charge is 0.326 e. The molecule has 0 radical (unpaired) electrons. The highest BCUT2D eigenvalue weighted by Gasteiger charge is 2.32. The van der Waals surface area contributed by atoms with E-state index in [9.17, 15) is 29.4 Å². The van der Waals surface area contributed by atoms with Gasteiger partial charge in [0.2, 0.25) is 17.7 Å². The summed E-state index contributed by atoms with van der Waals surface area (Å²) < 4.78 is 0. The Morgan fingerprint density at radius 3 is 1.95 bits per heavy atom. The topological polar surface area (TPSA) is 171 Å². The summed E-state index contributed by atoms with van der Waals surface area (Å²) >= 11 is 1.51. The number of amides is 3. The molecule has 0 aliphatic carbocycles. The summed E-state index contributed by atoms with van der Waals surface area (Å²) in [6, 6.07) is 2.21. The molecule has 37 heavy (non-hydrogen) atoms. The predicted molar refractivity (Wildman–Crippen MR) is 145 cm³/mol. The van der Waals surface area contributed by atoms with Crippen LogP contribution in [0.5, 0.6) is 5.75 Å². The maximum absolute atomic E-state index is 13.3. The second-order valence-corrected chi connectivity index (χ2v) is 10.4. The van der Waals surface area contributed by atoms with Crippen LogP contribution >= 0.6 is 11.8 Å². The molecule has 0 aromatic heterocycles. The standard InChI is InChI=1S/C26H42N4O6S/c1-6-15(3)21(27)25(34)28-19(12-13-37-5)23(32)29-20(14-17-8-10-18(31)11-9-17)24(33)30-22(26(35)36)16(4)7-2/h8-11,15-16,19-22,31H,6-7,12-14,27H2,1-5H3,(H,28,34)(H,29,32)(H,30,33)(H,35,36). The molecule has 0 heterocycles. The van der Waals surface area contributed by atoms with Crippen LogP contribution in [0.25, 0.3) is 0 Å². The number of aliphatic carboxylic acids is 1. The number of benzene rings is 1. The van der Waals surface area contributed by atoms with E-state index in [0.29, 0.717) is 30.6 Å². The number of carbonyl (C=O) groups excluding carboxylic acids is 3. The average molecular weight is 539 g/mol. The van der Waals surface area contributed by atoms with Gasteiger partial charge >= 0.3 is 5.97 Å². The van der Waals surface area contributed by atoms with Crippen molar-refractivity contribution in [3.8, 4) is 5.75 Å². The molecule has 208 valence electrons. The minimum atomic E-state index is -1.17. The molecule has 1 rings (SSSR count).